The normalized spacial score (nSPS) is 17.2. The number of carbonyl (C=O) groups is 1. The molecule has 2 aliphatic rings. The number of hydrogen-bond acceptors (Lipinski definition) is 3. The fraction of sp³-hybridized carbons (Fsp3) is 0.565. The van der Waals surface area contributed by atoms with E-state index >= 15 is 0 Å². The summed E-state index contributed by atoms with van der Waals surface area (Å²) in [7, 11) is 0. The Hall–Kier alpha value is -2.14. The summed E-state index contributed by atoms with van der Waals surface area (Å²) in [4.78, 5) is 12.6. The number of fused-ring (bicyclic) bond motifs is 1. The van der Waals surface area contributed by atoms with E-state index in [1.54, 1.807) is 0 Å². The Morgan fingerprint density at radius 2 is 2.18 bits per heavy atom. The zero-order valence-electron chi connectivity index (χ0n) is 17.3. The van der Waals surface area contributed by atoms with Gasteiger partial charge in [-0.2, -0.15) is 5.10 Å². The molecule has 28 heavy (non-hydrogen) atoms. The van der Waals surface area contributed by atoms with Crippen molar-refractivity contribution in [2.45, 2.75) is 72.1 Å². The van der Waals surface area contributed by atoms with Crippen LogP contribution in [0.2, 0.25) is 0 Å². The summed E-state index contributed by atoms with van der Waals surface area (Å²) >= 11 is 0. The van der Waals surface area contributed by atoms with Crippen LogP contribution in [0.4, 0.5) is 0 Å². The van der Waals surface area contributed by atoms with E-state index in [2.05, 4.69) is 49.0 Å². The lowest BCUT2D eigenvalue weighted by Gasteiger charge is -2.17. The average Bonchev–Trinajstić information content (AvgIpc) is 3.41. The number of carbonyl (C=O) groups excluding carboxylic acids is 1. The molecule has 4 rings (SSSR count). The summed E-state index contributed by atoms with van der Waals surface area (Å²) in [6.45, 7) is 8.68. The Morgan fingerprint density at radius 1 is 1.36 bits per heavy atom. The molecule has 2 aromatic rings. The van der Waals surface area contributed by atoms with Gasteiger partial charge in [-0.05, 0) is 50.7 Å². The van der Waals surface area contributed by atoms with Gasteiger partial charge in [0, 0.05) is 37.1 Å². The van der Waals surface area contributed by atoms with Crippen molar-refractivity contribution in [2.24, 2.45) is 5.92 Å². The molecule has 1 saturated carbocycles. The summed E-state index contributed by atoms with van der Waals surface area (Å²) in [5.74, 6) is 0.872. The van der Waals surface area contributed by atoms with Gasteiger partial charge in [0.15, 0.2) is 0 Å². The van der Waals surface area contributed by atoms with Crippen LogP contribution in [0.3, 0.4) is 0 Å². The predicted molar refractivity (Wildman–Crippen MR) is 109 cm³/mol. The largest absolute Gasteiger partial charge is 0.376 e. The van der Waals surface area contributed by atoms with Gasteiger partial charge in [0.2, 0.25) is 5.91 Å². The first-order valence-electron chi connectivity index (χ1n) is 10.5. The quantitative estimate of drug-likeness (QED) is 0.794. The first-order valence-corrected chi connectivity index (χ1v) is 10.5. The Kier molecular flexibility index (Phi) is 5.54. The van der Waals surface area contributed by atoms with E-state index < -0.39 is 0 Å². The van der Waals surface area contributed by atoms with E-state index in [4.69, 9.17) is 9.84 Å². The second kappa shape index (κ2) is 8.08. The number of nitrogens with zero attached hydrogens (tertiary/aromatic N) is 2. The number of aromatic nitrogens is 2. The molecule has 1 aromatic heterocycles. The van der Waals surface area contributed by atoms with E-state index in [0.29, 0.717) is 19.4 Å². The number of ether oxygens (including phenoxy) is 1. The second-order valence-corrected chi connectivity index (χ2v) is 8.45. The Labute approximate surface area is 167 Å². The topological polar surface area (TPSA) is 56.2 Å². The Balaban J connectivity index is 1.38. The molecular formula is C23H31N3O2. The minimum Gasteiger partial charge on any atom is -0.376 e. The smallest absolute Gasteiger partial charge is 0.220 e. The van der Waals surface area contributed by atoms with Gasteiger partial charge in [-0.3, -0.25) is 9.48 Å². The highest BCUT2D eigenvalue weighted by molar-refractivity contribution is 5.76. The fourth-order valence-corrected chi connectivity index (χ4v) is 4.21. The van der Waals surface area contributed by atoms with Crippen molar-refractivity contribution in [1.29, 1.82) is 0 Å². The molecule has 5 heteroatoms. The summed E-state index contributed by atoms with van der Waals surface area (Å²) in [6.07, 6.45) is 4.71. The highest BCUT2D eigenvalue weighted by Crippen LogP contribution is 2.32. The summed E-state index contributed by atoms with van der Waals surface area (Å²) in [5.41, 5.74) is 7.24. The summed E-state index contributed by atoms with van der Waals surface area (Å²) in [6, 6.07) is 6.39. The van der Waals surface area contributed by atoms with Gasteiger partial charge in [-0.15, -0.1) is 0 Å². The van der Waals surface area contributed by atoms with Crippen molar-refractivity contribution in [2.75, 3.05) is 6.61 Å². The maximum absolute atomic E-state index is 12.6. The van der Waals surface area contributed by atoms with Crippen molar-refractivity contribution < 1.29 is 9.53 Å². The molecular weight excluding hydrogens is 350 g/mol. The third-order valence-corrected chi connectivity index (χ3v) is 5.97. The van der Waals surface area contributed by atoms with Crippen molar-refractivity contribution in [3.8, 4) is 0 Å². The van der Waals surface area contributed by atoms with Crippen LogP contribution < -0.4 is 5.32 Å². The van der Waals surface area contributed by atoms with Crippen LogP contribution in [0.5, 0.6) is 0 Å². The van der Waals surface area contributed by atoms with Crippen LogP contribution >= 0.6 is 0 Å². The lowest BCUT2D eigenvalue weighted by Crippen LogP contribution is -2.27. The standard InChI is InChI=1S/C23H31N3O2/c1-15-4-7-19(16(2)12-15)17(3)24-23(27)9-8-21-20-14-28-11-10-22(20)26(25-21)13-18-5-6-18/h4,7,12,17-18H,5-6,8-11,13-14H2,1-3H3,(H,24,27). The van der Waals surface area contributed by atoms with E-state index in [0.717, 1.165) is 31.2 Å². The van der Waals surface area contributed by atoms with Crippen molar-refractivity contribution >= 4 is 5.91 Å². The number of amides is 1. The van der Waals surface area contributed by atoms with Gasteiger partial charge in [-0.1, -0.05) is 23.8 Å². The molecule has 0 bridgehead atoms. The van der Waals surface area contributed by atoms with E-state index in [-0.39, 0.29) is 11.9 Å². The average molecular weight is 382 g/mol. The molecule has 1 aliphatic carbocycles. The summed E-state index contributed by atoms with van der Waals surface area (Å²) < 4.78 is 7.86. The zero-order valence-corrected chi connectivity index (χ0v) is 17.3. The second-order valence-electron chi connectivity index (χ2n) is 8.45. The van der Waals surface area contributed by atoms with E-state index in [1.165, 1.54) is 40.8 Å². The molecule has 0 saturated heterocycles. The molecule has 1 unspecified atom stereocenters. The van der Waals surface area contributed by atoms with E-state index in [9.17, 15) is 4.79 Å². The maximum atomic E-state index is 12.6. The monoisotopic (exact) mass is 381 g/mol. The molecule has 1 atom stereocenters. The SMILES string of the molecule is Cc1ccc(C(C)NC(=O)CCc2nn(CC3CC3)c3c2COCC3)c(C)c1. The van der Waals surface area contributed by atoms with Crippen LogP contribution in [0.25, 0.3) is 0 Å². The van der Waals surface area contributed by atoms with Gasteiger partial charge < -0.3 is 10.1 Å². The molecule has 1 fully saturated rings. The molecule has 0 spiro atoms. The molecule has 1 aliphatic heterocycles. The zero-order chi connectivity index (χ0) is 19.7. The van der Waals surface area contributed by atoms with E-state index in [1.807, 2.05) is 0 Å². The molecule has 1 amide bonds. The predicted octanol–water partition coefficient (Wildman–Crippen LogP) is 3.79. The Morgan fingerprint density at radius 3 is 2.93 bits per heavy atom. The van der Waals surface area contributed by atoms with Crippen LogP contribution in [0, 0.1) is 19.8 Å². The van der Waals surface area contributed by atoms with Crippen LogP contribution in [-0.4, -0.2) is 22.3 Å². The van der Waals surface area contributed by atoms with Gasteiger partial charge in [0.25, 0.3) is 0 Å². The first kappa shape index (κ1) is 19.2. The number of benzene rings is 1. The molecule has 0 radical (unpaired) electrons. The van der Waals surface area contributed by atoms with Crippen LogP contribution in [0.15, 0.2) is 18.2 Å². The summed E-state index contributed by atoms with van der Waals surface area (Å²) in [5, 5.41) is 8.01. The number of nitrogens with one attached hydrogen (secondary N) is 1. The lowest BCUT2D eigenvalue weighted by molar-refractivity contribution is -0.121. The third-order valence-electron chi connectivity index (χ3n) is 5.97. The maximum Gasteiger partial charge on any atom is 0.220 e. The number of rotatable bonds is 7. The van der Waals surface area contributed by atoms with Gasteiger partial charge in [0.05, 0.1) is 24.9 Å². The van der Waals surface area contributed by atoms with Gasteiger partial charge in [0.1, 0.15) is 0 Å². The third kappa shape index (κ3) is 4.30. The van der Waals surface area contributed by atoms with Crippen LogP contribution in [0.1, 0.15) is 65.9 Å². The fourth-order valence-electron chi connectivity index (χ4n) is 4.21. The van der Waals surface area contributed by atoms with Gasteiger partial charge in [-0.25, -0.2) is 0 Å². The highest BCUT2D eigenvalue weighted by atomic mass is 16.5. The lowest BCUT2D eigenvalue weighted by atomic mass is 10.00. The number of hydrogen-bond donors (Lipinski definition) is 1. The molecule has 150 valence electrons. The molecule has 1 aromatic carbocycles. The number of aryl methyl sites for hydroxylation is 3. The minimum absolute atomic E-state index is 0.0118. The molecule has 1 N–H and O–H groups in total. The molecule has 2 heterocycles. The highest BCUT2D eigenvalue weighted by Gasteiger charge is 2.27. The van der Waals surface area contributed by atoms with Crippen molar-refractivity contribution in [3.05, 3.63) is 51.8 Å². The van der Waals surface area contributed by atoms with Crippen molar-refractivity contribution in [1.82, 2.24) is 15.1 Å². The Bertz CT molecular complexity index is 867. The minimum atomic E-state index is 0.0118. The van der Waals surface area contributed by atoms with Crippen molar-refractivity contribution in [3.63, 3.8) is 0 Å². The first-order chi connectivity index (χ1) is 13.5. The van der Waals surface area contributed by atoms with Gasteiger partial charge >= 0.3 is 0 Å². The van der Waals surface area contributed by atoms with Crippen LogP contribution in [-0.2, 0) is 35.5 Å². The molecule has 5 nitrogen and oxygen atoms in total.